The van der Waals surface area contributed by atoms with Crippen LogP contribution in [0.15, 0.2) is 32.9 Å². The van der Waals surface area contributed by atoms with Gasteiger partial charge in [-0.25, -0.2) is 9.80 Å². The summed E-state index contributed by atoms with van der Waals surface area (Å²) in [7, 11) is 1.54. The molecule has 3 N–H and O–H groups in total. The van der Waals surface area contributed by atoms with E-state index in [1.165, 1.54) is 23.7 Å². The molecule has 3 aromatic rings. The van der Waals surface area contributed by atoms with Crippen molar-refractivity contribution >= 4 is 22.8 Å². The van der Waals surface area contributed by atoms with Crippen LogP contribution in [0.1, 0.15) is 12.5 Å². The Hall–Kier alpha value is -3.56. The van der Waals surface area contributed by atoms with Crippen LogP contribution in [0.4, 0.5) is 5.95 Å². The van der Waals surface area contributed by atoms with Gasteiger partial charge in [-0.15, -0.1) is 0 Å². The second-order valence-electron chi connectivity index (χ2n) is 5.95. The first-order valence-corrected chi connectivity index (χ1v) is 7.97. The van der Waals surface area contributed by atoms with Crippen LogP contribution in [-0.2, 0) is 13.6 Å². The predicted molar refractivity (Wildman–Crippen MR) is 94.9 cm³/mol. The number of nitrogens with zero attached hydrogens (tertiary/aromatic N) is 5. The number of nitrogens with one attached hydrogen (secondary N) is 1. The highest BCUT2D eigenvalue weighted by Gasteiger charge is 2.26. The molecule has 0 fully saturated rings. The quantitative estimate of drug-likeness (QED) is 0.558. The van der Waals surface area contributed by atoms with E-state index in [0.29, 0.717) is 23.8 Å². The number of aryl methyl sites for hydroxylation is 1. The first kappa shape index (κ1) is 15.9. The van der Waals surface area contributed by atoms with E-state index in [0.717, 1.165) is 0 Å². The molecule has 10 heteroatoms. The summed E-state index contributed by atoms with van der Waals surface area (Å²) in [5.74, 6) is -0.0200. The number of anilines is 1. The summed E-state index contributed by atoms with van der Waals surface area (Å²) in [4.78, 5) is 30.9. The highest BCUT2D eigenvalue weighted by atomic mass is 16.3. The standard InChI is InChI=1S/C16H16N6O4/c1-3-22-15-17-13-12(14(25)18-16(26)20(13)2)21(15)7-9(19-22)8-4-5-10(23)11(24)6-8/h4-6,23-24H,3,7H2,1-2H3,(H,18,25,26). The van der Waals surface area contributed by atoms with Gasteiger partial charge in [-0.2, -0.15) is 10.1 Å². The molecule has 0 amide bonds. The van der Waals surface area contributed by atoms with Crippen molar-refractivity contribution in [2.75, 3.05) is 11.6 Å². The average molecular weight is 356 g/mol. The van der Waals surface area contributed by atoms with E-state index in [9.17, 15) is 19.8 Å². The highest BCUT2D eigenvalue weighted by Crippen LogP contribution is 2.29. The lowest BCUT2D eigenvalue weighted by molar-refractivity contribution is 0.403. The van der Waals surface area contributed by atoms with Gasteiger partial charge in [0.05, 0.1) is 12.3 Å². The first-order valence-electron chi connectivity index (χ1n) is 7.97. The van der Waals surface area contributed by atoms with Crippen LogP contribution in [0.25, 0.3) is 11.2 Å². The number of hydrogen-bond acceptors (Lipinski definition) is 7. The van der Waals surface area contributed by atoms with Crippen molar-refractivity contribution in [1.82, 2.24) is 19.1 Å². The highest BCUT2D eigenvalue weighted by molar-refractivity contribution is 6.03. The molecule has 0 unspecified atom stereocenters. The van der Waals surface area contributed by atoms with Gasteiger partial charge in [0.15, 0.2) is 22.7 Å². The summed E-state index contributed by atoms with van der Waals surface area (Å²) >= 11 is 0. The number of phenols is 2. The van der Waals surface area contributed by atoms with Crippen LogP contribution in [0, 0.1) is 0 Å². The summed E-state index contributed by atoms with van der Waals surface area (Å²) < 4.78 is 2.96. The fraction of sp³-hybridized carbons (Fsp3) is 0.250. The molecule has 26 heavy (non-hydrogen) atoms. The molecule has 0 spiro atoms. The smallest absolute Gasteiger partial charge is 0.329 e. The van der Waals surface area contributed by atoms with Crippen LogP contribution in [0.2, 0.25) is 0 Å². The van der Waals surface area contributed by atoms with E-state index in [1.807, 2.05) is 6.92 Å². The van der Waals surface area contributed by atoms with E-state index in [4.69, 9.17) is 0 Å². The molecular weight excluding hydrogens is 340 g/mol. The van der Waals surface area contributed by atoms with Gasteiger partial charge < -0.3 is 10.2 Å². The molecule has 0 bridgehead atoms. The summed E-state index contributed by atoms with van der Waals surface area (Å²) in [6.07, 6.45) is 0. The molecule has 0 aliphatic carbocycles. The number of aromatic amines is 1. The van der Waals surface area contributed by atoms with Crippen molar-refractivity contribution < 1.29 is 10.2 Å². The van der Waals surface area contributed by atoms with Gasteiger partial charge in [-0.05, 0) is 25.1 Å². The lowest BCUT2D eigenvalue weighted by Crippen LogP contribution is -2.32. The molecule has 0 saturated carbocycles. The van der Waals surface area contributed by atoms with Crippen LogP contribution >= 0.6 is 0 Å². The largest absolute Gasteiger partial charge is 0.504 e. The molecule has 1 aromatic carbocycles. The number of benzene rings is 1. The number of hydrogen-bond donors (Lipinski definition) is 3. The summed E-state index contributed by atoms with van der Waals surface area (Å²) in [5.41, 5.74) is 0.682. The van der Waals surface area contributed by atoms with Crippen LogP contribution in [-0.4, -0.2) is 41.6 Å². The number of imidazole rings is 1. The number of phenolic OH excluding ortho intramolecular Hbond substituents is 2. The third-order valence-electron chi connectivity index (χ3n) is 4.38. The monoisotopic (exact) mass is 356 g/mol. The number of fused-ring (bicyclic) bond motifs is 3. The van der Waals surface area contributed by atoms with Gasteiger partial charge in [-0.3, -0.25) is 18.9 Å². The second kappa shape index (κ2) is 5.48. The molecule has 1 aliphatic heterocycles. The maximum atomic E-state index is 12.4. The first-order chi connectivity index (χ1) is 12.4. The van der Waals surface area contributed by atoms with Crippen molar-refractivity contribution in [3.8, 4) is 11.5 Å². The zero-order valence-electron chi connectivity index (χ0n) is 14.1. The van der Waals surface area contributed by atoms with Crippen LogP contribution in [0.3, 0.4) is 0 Å². The minimum Gasteiger partial charge on any atom is -0.504 e. The van der Waals surface area contributed by atoms with Crippen molar-refractivity contribution in [1.29, 1.82) is 0 Å². The van der Waals surface area contributed by atoms with Gasteiger partial charge in [0, 0.05) is 19.2 Å². The molecule has 0 atom stereocenters. The number of hydrazone groups is 1. The fourth-order valence-corrected chi connectivity index (χ4v) is 3.01. The molecule has 10 nitrogen and oxygen atoms in total. The Kier molecular flexibility index (Phi) is 3.36. The van der Waals surface area contributed by atoms with Gasteiger partial charge in [0.1, 0.15) is 0 Å². The fourth-order valence-electron chi connectivity index (χ4n) is 3.01. The Morgan fingerprint density at radius 3 is 2.69 bits per heavy atom. The molecule has 2 aromatic heterocycles. The maximum absolute atomic E-state index is 12.4. The van der Waals surface area contributed by atoms with Crippen molar-refractivity contribution in [2.24, 2.45) is 12.1 Å². The van der Waals surface area contributed by atoms with Gasteiger partial charge in [0.25, 0.3) is 5.56 Å². The maximum Gasteiger partial charge on any atom is 0.329 e. The van der Waals surface area contributed by atoms with E-state index < -0.39 is 11.2 Å². The van der Waals surface area contributed by atoms with Crippen LogP contribution in [0.5, 0.6) is 11.5 Å². The number of aromatic hydroxyl groups is 2. The normalized spacial score (nSPS) is 13.8. The summed E-state index contributed by atoms with van der Waals surface area (Å²) in [5, 5.41) is 25.4. The van der Waals surface area contributed by atoms with E-state index >= 15 is 0 Å². The minimum atomic E-state index is -0.536. The molecule has 0 saturated heterocycles. The Morgan fingerprint density at radius 2 is 2.00 bits per heavy atom. The summed E-state index contributed by atoms with van der Waals surface area (Å²) in [6.45, 7) is 2.60. The molecule has 1 aliphatic rings. The molecular formula is C16H16N6O4. The average Bonchev–Trinajstić information content (AvgIpc) is 3.01. The Balaban J connectivity index is 1.94. The van der Waals surface area contributed by atoms with Gasteiger partial charge >= 0.3 is 5.69 Å². The van der Waals surface area contributed by atoms with Crippen molar-refractivity contribution in [3.05, 3.63) is 44.6 Å². The molecule has 4 rings (SSSR count). The third kappa shape index (κ3) is 2.19. The van der Waals surface area contributed by atoms with Gasteiger partial charge in [0.2, 0.25) is 5.95 Å². The lowest BCUT2D eigenvalue weighted by atomic mass is 10.1. The molecule has 134 valence electrons. The second-order valence-corrected chi connectivity index (χ2v) is 5.95. The lowest BCUT2D eigenvalue weighted by Gasteiger charge is -2.25. The Bertz CT molecular complexity index is 1190. The summed E-state index contributed by atoms with van der Waals surface area (Å²) in [6, 6.07) is 4.42. The van der Waals surface area contributed by atoms with E-state index in [2.05, 4.69) is 15.1 Å². The number of H-pyrrole nitrogens is 1. The van der Waals surface area contributed by atoms with Crippen molar-refractivity contribution in [3.63, 3.8) is 0 Å². The minimum absolute atomic E-state index is 0.224. The predicted octanol–water partition coefficient (Wildman–Crippen LogP) is 0.0787. The Labute approximate surface area is 146 Å². The SMILES string of the molecule is CCN1N=C(c2ccc(O)c(O)c2)Cn2c1nc1c2c(=O)[nH]c(=O)n1C. The van der Waals surface area contributed by atoms with Crippen molar-refractivity contribution in [2.45, 2.75) is 13.5 Å². The number of aromatic nitrogens is 4. The molecule has 0 radical (unpaired) electrons. The van der Waals surface area contributed by atoms with Crippen LogP contribution < -0.4 is 16.3 Å². The topological polar surface area (TPSA) is 129 Å². The Morgan fingerprint density at radius 1 is 1.23 bits per heavy atom. The third-order valence-corrected chi connectivity index (χ3v) is 4.38. The zero-order valence-corrected chi connectivity index (χ0v) is 14.1. The molecule has 3 heterocycles. The van der Waals surface area contributed by atoms with Gasteiger partial charge in [-0.1, -0.05) is 0 Å². The van der Waals surface area contributed by atoms with E-state index in [1.54, 1.807) is 15.6 Å². The number of rotatable bonds is 2. The van der Waals surface area contributed by atoms with E-state index in [-0.39, 0.29) is 29.2 Å². The zero-order chi connectivity index (χ0) is 18.6.